The molecule has 2 N–H and O–H groups in total. The van der Waals surface area contributed by atoms with Crippen molar-refractivity contribution in [3.8, 4) is 11.5 Å². The summed E-state index contributed by atoms with van der Waals surface area (Å²) in [4.78, 5) is 4.19. The van der Waals surface area contributed by atoms with Gasteiger partial charge in [-0.3, -0.25) is 4.99 Å². The average molecular weight is 295 g/mol. The van der Waals surface area contributed by atoms with E-state index in [2.05, 4.69) is 15.6 Å². The molecule has 0 spiro atoms. The summed E-state index contributed by atoms with van der Waals surface area (Å²) in [6.45, 7) is 3.23. The van der Waals surface area contributed by atoms with Gasteiger partial charge in [0.1, 0.15) is 0 Å². The minimum absolute atomic E-state index is 0.174. The molecule has 0 saturated carbocycles. The molecule has 0 aliphatic rings. The molecule has 1 aromatic carbocycles. The normalized spacial score (nSPS) is 12.7. The summed E-state index contributed by atoms with van der Waals surface area (Å²) in [5.41, 5.74) is 0.999. The minimum atomic E-state index is 0.174. The molecule has 0 aliphatic carbocycles. The molecule has 118 valence electrons. The van der Waals surface area contributed by atoms with Crippen molar-refractivity contribution < 1.29 is 14.2 Å². The highest BCUT2D eigenvalue weighted by molar-refractivity contribution is 5.80. The van der Waals surface area contributed by atoms with Crippen molar-refractivity contribution in [1.82, 2.24) is 10.6 Å². The maximum Gasteiger partial charge on any atom is 0.191 e. The van der Waals surface area contributed by atoms with Gasteiger partial charge in [-0.1, -0.05) is 12.1 Å². The van der Waals surface area contributed by atoms with Crippen molar-refractivity contribution in [1.29, 1.82) is 0 Å². The lowest BCUT2D eigenvalue weighted by molar-refractivity contribution is 0.179. The van der Waals surface area contributed by atoms with Crippen LogP contribution in [0.1, 0.15) is 12.5 Å². The van der Waals surface area contributed by atoms with E-state index in [0.717, 1.165) is 11.3 Å². The van der Waals surface area contributed by atoms with E-state index in [-0.39, 0.29) is 6.04 Å². The molecular formula is C15H25N3O3. The van der Waals surface area contributed by atoms with Crippen LogP contribution in [0, 0.1) is 0 Å². The number of rotatable bonds is 7. The summed E-state index contributed by atoms with van der Waals surface area (Å²) in [5, 5.41) is 6.49. The van der Waals surface area contributed by atoms with Gasteiger partial charge in [0, 0.05) is 32.3 Å². The molecule has 1 rings (SSSR count). The fraction of sp³-hybridized carbons (Fsp3) is 0.533. The fourth-order valence-electron chi connectivity index (χ4n) is 1.99. The number of hydrogen-bond acceptors (Lipinski definition) is 4. The smallest absolute Gasteiger partial charge is 0.191 e. The van der Waals surface area contributed by atoms with Gasteiger partial charge in [-0.15, -0.1) is 0 Å². The van der Waals surface area contributed by atoms with E-state index in [0.29, 0.717) is 24.9 Å². The maximum atomic E-state index is 5.41. The minimum Gasteiger partial charge on any atom is -0.493 e. The number of guanidine groups is 1. The van der Waals surface area contributed by atoms with E-state index >= 15 is 0 Å². The second kappa shape index (κ2) is 9.07. The summed E-state index contributed by atoms with van der Waals surface area (Å²) in [6, 6.07) is 5.96. The van der Waals surface area contributed by atoms with Crippen molar-refractivity contribution in [2.75, 3.05) is 35.0 Å². The van der Waals surface area contributed by atoms with E-state index < -0.39 is 0 Å². The Kier molecular flexibility index (Phi) is 7.39. The second-order valence-electron chi connectivity index (χ2n) is 4.58. The first-order valence-corrected chi connectivity index (χ1v) is 6.82. The molecule has 6 nitrogen and oxygen atoms in total. The number of benzene rings is 1. The molecule has 0 aromatic heterocycles. The van der Waals surface area contributed by atoms with Gasteiger partial charge < -0.3 is 24.8 Å². The van der Waals surface area contributed by atoms with Crippen LogP contribution in [0.25, 0.3) is 0 Å². The highest BCUT2D eigenvalue weighted by Crippen LogP contribution is 2.30. The molecule has 0 saturated heterocycles. The van der Waals surface area contributed by atoms with E-state index in [1.807, 2.05) is 25.1 Å². The summed E-state index contributed by atoms with van der Waals surface area (Å²) in [6.07, 6.45) is 0. The predicted octanol–water partition coefficient (Wildman–Crippen LogP) is 1.40. The third-order valence-corrected chi connectivity index (χ3v) is 2.95. The Morgan fingerprint density at radius 1 is 1.24 bits per heavy atom. The molecule has 1 aromatic rings. The topological polar surface area (TPSA) is 64.1 Å². The zero-order chi connectivity index (χ0) is 15.7. The Bertz CT molecular complexity index is 463. The van der Waals surface area contributed by atoms with Crippen LogP contribution in [0.5, 0.6) is 11.5 Å². The third kappa shape index (κ3) is 5.15. The monoisotopic (exact) mass is 295 g/mol. The quantitative estimate of drug-likeness (QED) is 0.588. The molecule has 0 aliphatic heterocycles. The van der Waals surface area contributed by atoms with E-state index in [1.54, 1.807) is 28.4 Å². The first kappa shape index (κ1) is 17.1. The van der Waals surface area contributed by atoms with Gasteiger partial charge in [-0.05, 0) is 13.0 Å². The molecule has 21 heavy (non-hydrogen) atoms. The largest absolute Gasteiger partial charge is 0.493 e. The van der Waals surface area contributed by atoms with Crippen molar-refractivity contribution >= 4 is 5.96 Å². The van der Waals surface area contributed by atoms with Gasteiger partial charge >= 0.3 is 0 Å². The standard InChI is InChI=1S/C15H25N3O3/c1-11(10-19-3)18-15(16-2)17-9-12-7-6-8-13(20-4)14(12)21-5/h6-8,11H,9-10H2,1-5H3,(H2,16,17,18). The highest BCUT2D eigenvalue weighted by atomic mass is 16.5. The first-order valence-electron chi connectivity index (χ1n) is 6.82. The van der Waals surface area contributed by atoms with Gasteiger partial charge in [0.05, 0.1) is 20.8 Å². The van der Waals surface area contributed by atoms with Crippen molar-refractivity contribution in [2.45, 2.75) is 19.5 Å². The predicted molar refractivity (Wildman–Crippen MR) is 84.2 cm³/mol. The Morgan fingerprint density at radius 2 is 2.00 bits per heavy atom. The van der Waals surface area contributed by atoms with E-state index in [9.17, 15) is 0 Å². The highest BCUT2D eigenvalue weighted by Gasteiger charge is 2.10. The van der Waals surface area contributed by atoms with Gasteiger partial charge in [0.2, 0.25) is 0 Å². The van der Waals surface area contributed by atoms with Crippen LogP contribution in [0.2, 0.25) is 0 Å². The molecule has 0 bridgehead atoms. The first-order chi connectivity index (χ1) is 10.2. The Balaban J connectivity index is 2.69. The zero-order valence-corrected chi connectivity index (χ0v) is 13.4. The van der Waals surface area contributed by atoms with Gasteiger partial charge in [0.15, 0.2) is 17.5 Å². The lowest BCUT2D eigenvalue weighted by Gasteiger charge is -2.18. The Morgan fingerprint density at radius 3 is 2.57 bits per heavy atom. The zero-order valence-electron chi connectivity index (χ0n) is 13.4. The third-order valence-electron chi connectivity index (χ3n) is 2.95. The number of methoxy groups -OCH3 is 3. The Labute approximate surface area is 126 Å². The Hall–Kier alpha value is -1.95. The molecule has 6 heteroatoms. The van der Waals surface area contributed by atoms with Crippen LogP contribution in [0.3, 0.4) is 0 Å². The summed E-state index contributed by atoms with van der Waals surface area (Å²) >= 11 is 0. The van der Waals surface area contributed by atoms with Crippen molar-refractivity contribution in [2.24, 2.45) is 4.99 Å². The molecule has 0 radical (unpaired) electrons. The number of ether oxygens (including phenoxy) is 3. The van der Waals surface area contributed by atoms with E-state index in [4.69, 9.17) is 14.2 Å². The van der Waals surface area contributed by atoms with Crippen LogP contribution in [0.15, 0.2) is 23.2 Å². The van der Waals surface area contributed by atoms with Crippen LogP contribution in [-0.4, -0.2) is 47.0 Å². The van der Waals surface area contributed by atoms with Gasteiger partial charge in [-0.25, -0.2) is 0 Å². The van der Waals surface area contributed by atoms with Gasteiger partial charge in [0.25, 0.3) is 0 Å². The number of hydrogen-bond donors (Lipinski definition) is 2. The number of aliphatic imine (C=N–C) groups is 1. The molecule has 1 unspecified atom stereocenters. The molecular weight excluding hydrogens is 270 g/mol. The maximum absolute atomic E-state index is 5.41. The second-order valence-corrected chi connectivity index (χ2v) is 4.58. The molecule has 0 fully saturated rings. The summed E-state index contributed by atoms with van der Waals surface area (Å²) in [7, 11) is 6.67. The summed E-state index contributed by atoms with van der Waals surface area (Å²) < 4.78 is 15.8. The fourth-order valence-corrected chi connectivity index (χ4v) is 1.99. The number of nitrogens with one attached hydrogen (secondary N) is 2. The van der Waals surface area contributed by atoms with E-state index in [1.165, 1.54) is 0 Å². The van der Waals surface area contributed by atoms with Crippen molar-refractivity contribution in [3.05, 3.63) is 23.8 Å². The van der Waals surface area contributed by atoms with Crippen LogP contribution in [-0.2, 0) is 11.3 Å². The molecule has 0 heterocycles. The molecule has 0 amide bonds. The van der Waals surface area contributed by atoms with Crippen LogP contribution in [0.4, 0.5) is 0 Å². The van der Waals surface area contributed by atoms with Crippen LogP contribution < -0.4 is 20.1 Å². The number of para-hydroxylation sites is 1. The lowest BCUT2D eigenvalue weighted by Crippen LogP contribution is -2.43. The number of nitrogens with zero attached hydrogens (tertiary/aromatic N) is 1. The summed E-state index contributed by atoms with van der Waals surface area (Å²) in [5.74, 6) is 2.16. The SMILES string of the molecule is CN=C(NCc1cccc(OC)c1OC)NC(C)COC. The van der Waals surface area contributed by atoms with Gasteiger partial charge in [-0.2, -0.15) is 0 Å². The van der Waals surface area contributed by atoms with Crippen LogP contribution >= 0.6 is 0 Å². The van der Waals surface area contributed by atoms with Crippen molar-refractivity contribution in [3.63, 3.8) is 0 Å². The lowest BCUT2D eigenvalue weighted by atomic mass is 10.2. The average Bonchev–Trinajstić information content (AvgIpc) is 2.50. The molecule has 1 atom stereocenters.